The van der Waals surface area contributed by atoms with E-state index in [4.69, 9.17) is 9.47 Å². The van der Waals surface area contributed by atoms with Crippen LogP contribution in [0.15, 0.2) is 48.5 Å². The molecule has 2 aromatic carbocycles. The summed E-state index contributed by atoms with van der Waals surface area (Å²) in [5, 5.41) is 3.72. The fourth-order valence-corrected chi connectivity index (χ4v) is 4.81. The highest BCUT2D eigenvalue weighted by Crippen LogP contribution is 2.33. The number of carbonyl (C=O) groups is 1. The molecule has 0 aliphatic carbocycles. The predicted molar refractivity (Wildman–Crippen MR) is 121 cm³/mol. The molecule has 0 bridgehead atoms. The van der Waals surface area contributed by atoms with Gasteiger partial charge in [0.25, 0.3) is 0 Å². The average Bonchev–Trinajstić information content (AvgIpc) is 3.13. The quantitative estimate of drug-likeness (QED) is 0.521. The average molecular weight is 429 g/mol. The summed E-state index contributed by atoms with van der Waals surface area (Å²) < 4.78 is 10.6. The van der Waals surface area contributed by atoms with Crippen LogP contribution in [0.2, 0.25) is 0 Å². The van der Waals surface area contributed by atoms with Gasteiger partial charge in [-0.1, -0.05) is 30.3 Å². The van der Waals surface area contributed by atoms with Gasteiger partial charge in [-0.05, 0) is 26.0 Å². The van der Waals surface area contributed by atoms with Gasteiger partial charge >= 0.3 is 0 Å². The van der Waals surface area contributed by atoms with Gasteiger partial charge in [0.05, 0.1) is 30.9 Å². The topological polar surface area (TPSA) is 60.5 Å². The van der Waals surface area contributed by atoms with Crippen LogP contribution in [-0.4, -0.2) is 30.4 Å². The molecule has 7 heteroatoms. The van der Waals surface area contributed by atoms with E-state index in [-0.39, 0.29) is 11.2 Å². The minimum Gasteiger partial charge on any atom is -0.497 e. The van der Waals surface area contributed by atoms with Crippen molar-refractivity contribution in [1.82, 2.24) is 4.98 Å². The molecule has 1 unspecified atom stereocenters. The van der Waals surface area contributed by atoms with Crippen LogP contribution in [0.5, 0.6) is 11.5 Å². The first kappa shape index (κ1) is 21.2. The number of nitrogens with one attached hydrogen (secondary N) is 1. The van der Waals surface area contributed by atoms with Crippen LogP contribution in [0.25, 0.3) is 10.6 Å². The first-order valence-electron chi connectivity index (χ1n) is 9.18. The van der Waals surface area contributed by atoms with Gasteiger partial charge in [-0.2, -0.15) is 0 Å². The smallest absolute Gasteiger partial charge is 0.237 e. The van der Waals surface area contributed by atoms with E-state index in [0.29, 0.717) is 17.2 Å². The largest absolute Gasteiger partial charge is 0.497 e. The summed E-state index contributed by atoms with van der Waals surface area (Å²) in [4.78, 5) is 18.5. The van der Waals surface area contributed by atoms with Gasteiger partial charge in [0.2, 0.25) is 5.91 Å². The molecule has 0 saturated carbocycles. The highest BCUT2D eigenvalue weighted by Gasteiger charge is 2.18. The molecule has 0 saturated heterocycles. The van der Waals surface area contributed by atoms with Crippen LogP contribution in [-0.2, 0) is 10.5 Å². The fraction of sp³-hybridized carbons (Fsp3) is 0.273. The number of thioether (sulfide) groups is 1. The molecule has 3 aromatic rings. The van der Waals surface area contributed by atoms with Gasteiger partial charge in [0.15, 0.2) is 0 Å². The zero-order valence-electron chi connectivity index (χ0n) is 16.9. The Morgan fingerprint density at radius 2 is 1.93 bits per heavy atom. The van der Waals surface area contributed by atoms with Crippen molar-refractivity contribution in [1.29, 1.82) is 0 Å². The standard InChI is InChI=1S/C22H24N2O3S2/c1-14-20(29-22(23-14)16-8-6-5-7-9-16)13-28-15(2)21(25)24-18-12-17(26-3)10-11-19(18)27-4/h5-12,15H,13H2,1-4H3,(H,24,25). The molecule has 0 spiro atoms. The lowest BCUT2D eigenvalue weighted by Crippen LogP contribution is -2.22. The third-order valence-electron chi connectivity index (χ3n) is 4.41. The maximum absolute atomic E-state index is 12.7. The van der Waals surface area contributed by atoms with Crippen molar-refractivity contribution >= 4 is 34.7 Å². The monoisotopic (exact) mass is 428 g/mol. The molecule has 0 aliphatic heterocycles. The number of carbonyl (C=O) groups excluding carboxylic acids is 1. The van der Waals surface area contributed by atoms with Crippen molar-refractivity contribution in [3.63, 3.8) is 0 Å². The Bertz CT molecular complexity index is 973. The number of hydrogen-bond donors (Lipinski definition) is 1. The number of nitrogens with zero attached hydrogens (tertiary/aromatic N) is 1. The van der Waals surface area contributed by atoms with E-state index in [1.54, 1.807) is 55.5 Å². The zero-order chi connectivity index (χ0) is 20.8. The van der Waals surface area contributed by atoms with E-state index >= 15 is 0 Å². The second-order valence-electron chi connectivity index (χ2n) is 6.40. The molecular formula is C22H24N2O3S2. The highest BCUT2D eigenvalue weighted by atomic mass is 32.2. The second-order valence-corrected chi connectivity index (χ2v) is 8.82. The number of thiazole rings is 1. The Balaban J connectivity index is 1.63. The van der Waals surface area contributed by atoms with E-state index in [2.05, 4.69) is 22.4 Å². The number of aryl methyl sites for hydroxylation is 1. The Kier molecular flexibility index (Phi) is 7.17. The Morgan fingerprint density at radius 1 is 1.17 bits per heavy atom. The van der Waals surface area contributed by atoms with E-state index in [1.165, 1.54) is 4.88 Å². The third-order valence-corrected chi connectivity index (χ3v) is 6.97. The SMILES string of the molecule is COc1ccc(OC)c(NC(=O)C(C)SCc2sc(-c3ccccc3)nc2C)c1. The lowest BCUT2D eigenvalue weighted by molar-refractivity contribution is -0.115. The molecule has 5 nitrogen and oxygen atoms in total. The van der Waals surface area contributed by atoms with Crippen LogP contribution >= 0.6 is 23.1 Å². The van der Waals surface area contributed by atoms with E-state index in [1.807, 2.05) is 32.0 Å². The van der Waals surface area contributed by atoms with Gasteiger partial charge in [-0.15, -0.1) is 23.1 Å². The number of amides is 1. The van der Waals surface area contributed by atoms with E-state index in [9.17, 15) is 4.79 Å². The summed E-state index contributed by atoms with van der Waals surface area (Å²) in [6.07, 6.45) is 0. The van der Waals surface area contributed by atoms with Gasteiger partial charge in [-0.3, -0.25) is 4.79 Å². The van der Waals surface area contributed by atoms with Crippen LogP contribution in [0.1, 0.15) is 17.5 Å². The van der Waals surface area contributed by atoms with Crippen LogP contribution < -0.4 is 14.8 Å². The highest BCUT2D eigenvalue weighted by molar-refractivity contribution is 7.99. The first-order valence-corrected chi connectivity index (χ1v) is 11.0. The van der Waals surface area contributed by atoms with E-state index < -0.39 is 0 Å². The van der Waals surface area contributed by atoms with Crippen LogP contribution in [0.4, 0.5) is 5.69 Å². The lowest BCUT2D eigenvalue weighted by atomic mass is 10.2. The molecule has 1 aromatic heterocycles. The summed E-state index contributed by atoms with van der Waals surface area (Å²) in [6.45, 7) is 3.92. The predicted octanol–water partition coefficient (Wildman–Crippen LogP) is 5.40. The fourth-order valence-electron chi connectivity index (χ4n) is 2.69. The summed E-state index contributed by atoms with van der Waals surface area (Å²) in [6, 6.07) is 15.5. The lowest BCUT2D eigenvalue weighted by Gasteiger charge is -2.15. The Morgan fingerprint density at radius 3 is 2.62 bits per heavy atom. The molecule has 29 heavy (non-hydrogen) atoms. The van der Waals surface area contributed by atoms with Crippen molar-refractivity contribution in [2.24, 2.45) is 0 Å². The normalized spacial score (nSPS) is 11.7. The minimum atomic E-state index is -0.229. The maximum atomic E-state index is 12.7. The number of aromatic nitrogens is 1. The Hall–Kier alpha value is -2.51. The van der Waals surface area contributed by atoms with Crippen LogP contribution in [0.3, 0.4) is 0 Å². The van der Waals surface area contributed by atoms with Crippen molar-refractivity contribution < 1.29 is 14.3 Å². The van der Waals surface area contributed by atoms with Crippen LogP contribution in [0, 0.1) is 6.92 Å². The molecule has 0 aliphatic rings. The van der Waals surface area contributed by atoms with Crippen molar-refractivity contribution in [3.05, 3.63) is 59.1 Å². The molecule has 3 rings (SSSR count). The second kappa shape index (κ2) is 9.80. The first-order chi connectivity index (χ1) is 14.0. The molecule has 1 atom stereocenters. The minimum absolute atomic E-state index is 0.0768. The van der Waals surface area contributed by atoms with Crippen molar-refractivity contribution in [2.75, 3.05) is 19.5 Å². The van der Waals surface area contributed by atoms with E-state index in [0.717, 1.165) is 22.0 Å². The van der Waals surface area contributed by atoms with Gasteiger partial charge in [-0.25, -0.2) is 4.98 Å². The Labute approximate surface area is 179 Å². The summed E-state index contributed by atoms with van der Waals surface area (Å²) in [5.74, 6) is 1.92. The molecular weight excluding hydrogens is 404 g/mol. The number of methoxy groups -OCH3 is 2. The summed E-state index contributed by atoms with van der Waals surface area (Å²) in [5.41, 5.74) is 2.74. The van der Waals surface area contributed by atoms with Gasteiger partial charge in [0, 0.05) is 22.3 Å². The number of rotatable bonds is 8. The number of benzene rings is 2. The number of ether oxygens (including phenoxy) is 2. The zero-order valence-corrected chi connectivity index (χ0v) is 18.5. The van der Waals surface area contributed by atoms with Crippen molar-refractivity contribution in [3.8, 4) is 22.1 Å². The molecule has 1 amide bonds. The molecule has 0 radical (unpaired) electrons. The molecule has 1 N–H and O–H groups in total. The molecule has 1 heterocycles. The molecule has 0 fully saturated rings. The van der Waals surface area contributed by atoms with Gasteiger partial charge < -0.3 is 14.8 Å². The van der Waals surface area contributed by atoms with Crippen molar-refractivity contribution in [2.45, 2.75) is 24.9 Å². The number of hydrogen-bond acceptors (Lipinski definition) is 6. The summed E-state index contributed by atoms with van der Waals surface area (Å²) >= 11 is 3.27. The maximum Gasteiger partial charge on any atom is 0.237 e. The van der Waals surface area contributed by atoms with Gasteiger partial charge in [0.1, 0.15) is 16.5 Å². The summed E-state index contributed by atoms with van der Waals surface area (Å²) in [7, 11) is 3.17. The number of anilines is 1. The molecule has 152 valence electrons. The third kappa shape index (κ3) is 5.31.